The second-order valence-electron chi connectivity index (χ2n) is 4.77. The third-order valence-corrected chi connectivity index (χ3v) is 3.43. The van der Waals surface area contributed by atoms with Gasteiger partial charge in [0.15, 0.2) is 0 Å². The molecule has 2 heterocycles. The lowest BCUT2D eigenvalue weighted by molar-refractivity contribution is 0.116. The summed E-state index contributed by atoms with van der Waals surface area (Å²) in [5.41, 5.74) is -0.443. The molecule has 0 saturated carbocycles. The van der Waals surface area contributed by atoms with Gasteiger partial charge in [-0.2, -0.15) is 0 Å². The highest BCUT2D eigenvalue weighted by Crippen LogP contribution is 2.34. The summed E-state index contributed by atoms with van der Waals surface area (Å²) in [6.45, 7) is 5.34. The molecule has 0 aromatic rings. The van der Waals surface area contributed by atoms with Gasteiger partial charge in [-0.05, 0) is 26.7 Å². The SMILES string of the molecule is CC(C)N1C(=O)NC(=N)C12CCCOCC2. The lowest BCUT2D eigenvalue weighted by Gasteiger charge is -2.38. The zero-order valence-electron chi connectivity index (χ0n) is 9.88. The van der Waals surface area contributed by atoms with Crippen molar-refractivity contribution in [2.45, 2.75) is 44.7 Å². The molecule has 2 N–H and O–H groups in total. The Bertz CT molecular complexity index is 306. The van der Waals surface area contributed by atoms with Crippen molar-refractivity contribution in [3.63, 3.8) is 0 Å². The number of rotatable bonds is 1. The van der Waals surface area contributed by atoms with E-state index in [0.29, 0.717) is 12.4 Å². The second kappa shape index (κ2) is 4.05. The normalized spacial score (nSPS) is 31.1. The van der Waals surface area contributed by atoms with Gasteiger partial charge in [0.25, 0.3) is 0 Å². The summed E-state index contributed by atoms with van der Waals surface area (Å²) in [4.78, 5) is 13.7. The fourth-order valence-electron chi connectivity index (χ4n) is 2.75. The van der Waals surface area contributed by atoms with Crippen LogP contribution in [0.5, 0.6) is 0 Å². The summed E-state index contributed by atoms with van der Waals surface area (Å²) in [5, 5.41) is 10.7. The minimum absolute atomic E-state index is 0.112. The minimum atomic E-state index is -0.443. The molecule has 2 saturated heterocycles. The molecule has 1 spiro atoms. The highest BCUT2D eigenvalue weighted by Gasteiger charge is 2.50. The van der Waals surface area contributed by atoms with E-state index in [4.69, 9.17) is 10.1 Å². The van der Waals surface area contributed by atoms with Crippen LogP contribution in [0, 0.1) is 5.41 Å². The van der Waals surface area contributed by atoms with Crippen molar-refractivity contribution in [3.8, 4) is 0 Å². The summed E-state index contributed by atoms with van der Waals surface area (Å²) in [5.74, 6) is 0.344. The van der Waals surface area contributed by atoms with Gasteiger partial charge in [-0.3, -0.25) is 10.7 Å². The first-order chi connectivity index (χ1) is 7.58. The van der Waals surface area contributed by atoms with E-state index < -0.39 is 5.54 Å². The summed E-state index contributed by atoms with van der Waals surface area (Å²) < 4.78 is 5.43. The summed E-state index contributed by atoms with van der Waals surface area (Å²) in [7, 11) is 0. The Morgan fingerprint density at radius 3 is 2.88 bits per heavy atom. The lowest BCUT2D eigenvalue weighted by Crippen LogP contribution is -2.52. The van der Waals surface area contributed by atoms with E-state index in [2.05, 4.69) is 5.32 Å². The molecule has 2 amide bonds. The van der Waals surface area contributed by atoms with E-state index in [1.165, 1.54) is 0 Å². The summed E-state index contributed by atoms with van der Waals surface area (Å²) in [6.07, 6.45) is 2.45. The number of ether oxygens (including phenoxy) is 1. The molecule has 2 aliphatic rings. The Kier molecular flexibility index (Phi) is 2.88. The fourth-order valence-corrected chi connectivity index (χ4v) is 2.75. The van der Waals surface area contributed by atoms with Gasteiger partial charge in [0.2, 0.25) is 0 Å². The monoisotopic (exact) mass is 225 g/mol. The van der Waals surface area contributed by atoms with Crippen LogP contribution in [0.1, 0.15) is 33.1 Å². The number of hydrogen-bond acceptors (Lipinski definition) is 3. The third kappa shape index (κ3) is 1.59. The lowest BCUT2D eigenvalue weighted by atomic mass is 9.88. The van der Waals surface area contributed by atoms with Crippen LogP contribution >= 0.6 is 0 Å². The molecule has 0 bridgehead atoms. The molecule has 0 radical (unpaired) electrons. The first kappa shape index (κ1) is 11.4. The van der Waals surface area contributed by atoms with Crippen molar-refractivity contribution < 1.29 is 9.53 Å². The molecular formula is C11H19N3O2. The molecule has 1 atom stereocenters. The first-order valence-corrected chi connectivity index (χ1v) is 5.85. The van der Waals surface area contributed by atoms with Gasteiger partial charge >= 0.3 is 6.03 Å². The number of nitrogens with one attached hydrogen (secondary N) is 2. The predicted molar refractivity (Wildman–Crippen MR) is 60.6 cm³/mol. The molecule has 16 heavy (non-hydrogen) atoms. The van der Waals surface area contributed by atoms with Gasteiger partial charge in [-0.25, -0.2) is 4.79 Å². The number of urea groups is 1. The number of carbonyl (C=O) groups excluding carboxylic acids is 1. The maximum absolute atomic E-state index is 11.8. The van der Waals surface area contributed by atoms with E-state index in [9.17, 15) is 4.79 Å². The van der Waals surface area contributed by atoms with Gasteiger partial charge in [-0.15, -0.1) is 0 Å². The fraction of sp³-hybridized carbons (Fsp3) is 0.818. The number of hydrogen-bond donors (Lipinski definition) is 2. The van der Waals surface area contributed by atoms with Gasteiger partial charge in [-0.1, -0.05) is 0 Å². The molecular weight excluding hydrogens is 206 g/mol. The van der Waals surface area contributed by atoms with Crippen molar-refractivity contribution in [1.29, 1.82) is 5.41 Å². The number of amidine groups is 1. The van der Waals surface area contributed by atoms with Crippen LogP contribution in [0.3, 0.4) is 0 Å². The zero-order valence-corrected chi connectivity index (χ0v) is 9.88. The molecule has 0 aromatic heterocycles. The molecule has 0 aromatic carbocycles. The Morgan fingerprint density at radius 2 is 2.19 bits per heavy atom. The number of amides is 2. The average molecular weight is 225 g/mol. The molecule has 2 rings (SSSR count). The van der Waals surface area contributed by atoms with Crippen molar-refractivity contribution >= 4 is 11.9 Å². The molecule has 0 aliphatic carbocycles. The van der Waals surface area contributed by atoms with Crippen LogP contribution in [0.25, 0.3) is 0 Å². The predicted octanol–water partition coefficient (Wildman–Crippen LogP) is 1.34. The molecule has 2 fully saturated rings. The van der Waals surface area contributed by atoms with Crippen molar-refractivity contribution in [2.75, 3.05) is 13.2 Å². The summed E-state index contributed by atoms with van der Waals surface area (Å²) >= 11 is 0. The molecule has 5 nitrogen and oxygen atoms in total. The maximum Gasteiger partial charge on any atom is 0.323 e. The Morgan fingerprint density at radius 1 is 1.44 bits per heavy atom. The van der Waals surface area contributed by atoms with Crippen molar-refractivity contribution in [3.05, 3.63) is 0 Å². The molecule has 2 aliphatic heterocycles. The van der Waals surface area contributed by atoms with Gasteiger partial charge < -0.3 is 9.64 Å². The third-order valence-electron chi connectivity index (χ3n) is 3.43. The first-order valence-electron chi connectivity index (χ1n) is 5.85. The van der Waals surface area contributed by atoms with E-state index in [1.54, 1.807) is 0 Å². The highest BCUT2D eigenvalue weighted by molar-refractivity contribution is 6.08. The van der Waals surface area contributed by atoms with Crippen LogP contribution in [0.2, 0.25) is 0 Å². The Hall–Kier alpha value is -1.10. The maximum atomic E-state index is 11.8. The molecule has 5 heteroatoms. The van der Waals surface area contributed by atoms with Gasteiger partial charge in [0.1, 0.15) is 11.4 Å². The van der Waals surface area contributed by atoms with Crippen molar-refractivity contribution in [1.82, 2.24) is 10.2 Å². The highest BCUT2D eigenvalue weighted by atomic mass is 16.5. The van der Waals surface area contributed by atoms with Crippen LogP contribution in [-0.4, -0.2) is 41.6 Å². The van der Waals surface area contributed by atoms with Crippen molar-refractivity contribution in [2.24, 2.45) is 0 Å². The van der Waals surface area contributed by atoms with E-state index in [-0.39, 0.29) is 12.1 Å². The molecule has 90 valence electrons. The van der Waals surface area contributed by atoms with Gasteiger partial charge in [0.05, 0.1) is 0 Å². The zero-order chi connectivity index (χ0) is 11.8. The number of carbonyl (C=O) groups is 1. The molecule has 1 unspecified atom stereocenters. The number of nitrogens with zero attached hydrogens (tertiary/aromatic N) is 1. The quantitative estimate of drug-likeness (QED) is 0.707. The van der Waals surface area contributed by atoms with Gasteiger partial charge in [0, 0.05) is 25.7 Å². The van der Waals surface area contributed by atoms with Crippen LogP contribution in [0.15, 0.2) is 0 Å². The topological polar surface area (TPSA) is 65.4 Å². The van der Waals surface area contributed by atoms with E-state index >= 15 is 0 Å². The van der Waals surface area contributed by atoms with Crippen LogP contribution in [0.4, 0.5) is 4.79 Å². The van der Waals surface area contributed by atoms with E-state index in [1.807, 2.05) is 18.7 Å². The van der Waals surface area contributed by atoms with Crippen LogP contribution < -0.4 is 5.32 Å². The summed E-state index contributed by atoms with van der Waals surface area (Å²) in [6, 6.07) is -0.0251. The average Bonchev–Trinajstić information content (AvgIpc) is 2.40. The van der Waals surface area contributed by atoms with E-state index in [0.717, 1.165) is 25.9 Å². The largest absolute Gasteiger partial charge is 0.381 e. The second-order valence-corrected chi connectivity index (χ2v) is 4.77. The smallest absolute Gasteiger partial charge is 0.323 e. The minimum Gasteiger partial charge on any atom is -0.381 e. The Balaban J connectivity index is 2.33. The standard InChI is InChI=1S/C11H19N3O2/c1-8(2)14-10(15)13-9(12)11(14)4-3-6-16-7-5-11/h8H,3-7H2,1-2H3,(H2,12,13,15). The Labute approximate surface area is 95.6 Å². The van der Waals surface area contributed by atoms with Crippen LogP contribution in [-0.2, 0) is 4.74 Å².